The Morgan fingerprint density at radius 2 is 1.73 bits per heavy atom. The van der Waals surface area contributed by atoms with Gasteiger partial charge in [0, 0.05) is 35.4 Å². The molecule has 0 amide bonds. The van der Waals surface area contributed by atoms with Crippen molar-refractivity contribution >= 4 is 38.8 Å². The van der Waals surface area contributed by atoms with Gasteiger partial charge in [-0.3, -0.25) is 0 Å². The van der Waals surface area contributed by atoms with Crippen molar-refractivity contribution < 1.29 is 8.42 Å². The molecule has 0 unspecified atom stereocenters. The van der Waals surface area contributed by atoms with Crippen LogP contribution in [0.1, 0.15) is 12.8 Å². The lowest BCUT2D eigenvalue weighted by Crippen LogP contribution is -2.25. The lowest BCUT2D eigenvalue weighted by molar-refractivity contribution is 0.577. The van der Waals surface area contributed by atoms with E-state index in [2.05, 4.69) is 62.1 Å². The van der Waals surface area contributed by atoms with Crippen LogP contribution >= 0.6 is 11.3 Å². The molecule has 4 bridgehead atoms. The number of benzene rings is 2. The van der Waals surface area contributed by atoms with Gasteiger partial charge in [-0.1, -0.05) is 36.4 Å². The van der Waals surface area contributed by atoms with Crippen LogP contribution in [0.4, 0.5) is 17.5 Å². The first-order valence-corrected chi connectivity index (χ1v) is 13.1. The summed E-state index contributed by atoms with van der Waals surface area (Å²) in [7, 11) is -3.55. The van der Waals surface area contributed by atoms with Crippen molar-refractivity contribution in [1.82, 2.24) is 14.7 Å². The van der Waals surface area contributed by atoms with Crippen molar-refractivity contribution in [2.24, 2.45) is 0 Å². The molecule has 0 fully saturated rings. The second-order valence-corrected chi connectivity index (χ2v) is 10.4. The van der Waals surface area contributed by atoms with Gasteiger partial charge in [-0.2, -0.15) is 4.98 Å². The van der Waals surface area contributed by atoms with E-state index in [4.69, 9.17) is 4.98 Å². The minimum atomic E-state index is -3.55. The Morgan fingerprint density at radius 1 is 0.909 bits per heavy atom. The molecule has 1 aliphatic heterocycles. The largest absolute Gasteiger partial charge is 0.369 e. The van der Waals surface area contributed by atoms with Gasteiger partial charge in [-0.25, -0.2) is 18.1 Å². The number of thiophene rings is 1. The number of hydrogen-bond acceptors (Lipinski definition) is 7. The average Bonchev–Trinajstić information content (AvgIpc) is 3.36. The fraction of sp³-hybridized carbons (Fsp3) is 0.167. The molecule has 4 aromatic rings. The van der Waals surface area contributed by atoms with Gasteiger partial charge in [0.2, 0.25) is 16.0 Å². The molecule has 9 heteroatoms. The normalized spacial score (nSPS) is 15.6. The van der Waals surface area contributed by atoms with Gasteiger partial charge in [0.05, 0.1) is 4.90 Å². The minimum Gasteiger partial charge on any atom is -0.369 e. The number of sulfonamides is 1. The van der Waals surface area contributed by atoms with E-state index in [1.807, 2.05) is 0 Å². The molecular formula is C24H23N5O2S2. The van der Waals surface area contributed by atoms with Crippen LogP contribution in [0, 0.1) is 0 Å². The molecule has 1 aliphatic rings. The van der Waals surface area contributed by atoms with E-state index in [0.29, 0.717) is 31.1 Å². The maximum Gasteiger partial charge on any atom is 0.240 e. The molecular weight excluding hydrogens is 454 g/mol. The third-order valence-electron chi connectivity index (χ3n) is 5.38. The van der Waals surface area contributed by atoms with Gasteiger partial charge in [-0.15, -0.1) is 11.3 Å². The van der Waals surface area contributed by atoms with Crippen molar-refractivity contribution in [2.45, 2.75) is 17.7 Å². The molecule has 3 N–H and O–H groups in total. The quantitative estimate of drug-likeness (QED) is 0.372. The monoisotopic (exact) mass is 477 g/mol. The Morgan fingerprint density at radius 3 is 2.55 bits per heavy atom. The summed E-state index contributed by atoms with van der Waals surface area (Å²) in [5.74, 6) is 1.14. The molecule has 0 spiro atoms. The van der Waals surface area contributed by atoms with Crippen molar-refractivity contribution in [3.63, 3.8) is 0 Å². The van der Waals surface area contributed by atoms with Gasteiger partial charge < -0.3 is 10.6 Å². The number of aromatic nitrogens is 2. The van der Waals surface area contributed by atoms with Gasteiger partial charge in [0.15, 0.2) is 0 Å². The Kier molecular flexibility index (Phi) is 6.08. The highest BCUT2D eigenvalue weighted by atomic mass is 32.2. The van der Waals surface area contributed by atoms with Gasteiger partial charge in [-0.05, 0) is 53.6 Å². The Bertz CT molecular complexity index is 1350. The van der Waals surface area contributed by atoms with Crippen LogP contribution in [0.25, 0.3) is 21.6 Å². The second-order valence-electron chi connectivity index (χ2n) is 7.70. The van der Waals surface area contributed by atoms with Crippen LogP contribution in [0.3, 0.4) is 0 Å². The summed E-state index contributed by atoms with van der Waals surface area (Å²) in [6.07, 6.45) is 3.31. The minimum absolute atomic E-state index is 0.213. The topological polar surface area (TPSA) is 96.0 Å². The number of anilines is 3. The van der Waals surface area contributed by atoms with Gasteiger partial charge >= 0.3 is 0 Å². The fourth-order valence-electron chi connectivity index (χ4n) is 3.66. The predicted octanol–water partition coefficient (Wildman–Crippen LogP) is 5.10. The standard InChI is InChI=1S/C24H23N5O2S2/c30-33(31)20-6-3-5-19(15-20)28-24-26-16-21(23(29-24)25-12-1-2-13-27-33)17-8-10-18(11-9-17)22-7-4-14-32-22/h3-11,14-16,27H,1-2,12-13H2,(H2,25,26,28,29). The highest BCUT2D eigenvalue weighted by Crippen LogP contribution is 2.31. The number of rotatable bonds is 2. The van der Waals surface area contributed by atoms with Crippen molar-refractivity contribution in [3.05, 3.63) is 72.2 Å². The second kappa shape index (κ2) is 9.30. The van der Waals surface area contributed by atoms with E-state index in [-0.39, 0.29) is 4.90 Å². The molecule has 5 rings (SSSR count). The molecule has 7 nitrogen and oxygen atoms in total. The van der Waals surface area contributed by atoms with Crippen molar-refractivity contribution in [1.29, 1.82) is 0 Å². The lowest BCUT2D eigenvalue weighted by atomic mass is 10.0. The third-order valence-corrected chi connectivity index (χ3v) is 7.76. The van der Waals surface area contributed by atoms with Crippen LogP contribution in [0.15, 0.2) is 77.1 Å². The molecule has 0 saturated carbocycles. The van der Waals surface area contributed by atoms with E-state index >= 15 is 0 Å². The summed E-state index contributed by atoms with van der Waals surface area (Å²) < 4.78 is 27.7. The first-order valence-electron chi connectivity index (χ1n) is 10.7. The molecule has 2 aromatic heterocycles. The fourth-order valence-corrected chi connectivity index (χ4v) is 5.51. The number of hydrogen-bond donors (Lipinski definition) is 3. The average molecular weight is 478 g/mol. The zero-order chi connectivity index (χ0) is 22.7. The summed E-state index contributed by atoms with van der Waals surface area (Å²) >= 11 is 1.72. The molecule has 168 valence electrons. The van der Waals surface area contributed by atoms with Crippen LogP contribution in [-0.4, -0.2) is 31.5 Å². The van der Waals surface area contributed by atoms with Crippen molar-refractivity contribution in [2.75, 3.05) is 23.7 Å². The third kappa shape index (κ3) is 4.90. The Hall–Kier alpha value is -3.27. The Balaban J connectivity index is 1.49. The molecule has 3 heterocycles. The van der Waals surface area contributed by atoms with Crippen LogP contribution in [0.5, 0.6) is 0 Å². The number of nitrogens with zero attached hydrogens (tertiary/aromatic N) is 2. The molecule has 33 heavy (non-hydrogen) atoms. The highest BCUT2D eigenvalue weighted by molar-refractivity contribution is 7.89. The first kappa shape index (κ1) is 21.6. The molecule has 2 aromatic carbocycles. The van der Waals surface area contributed by atoms with Gasteiger partial charge in [0.1, 0.15) is 5.82 Å². The molecule has 0 aliphatic carbocycles. The summed E-state index contributed by atoms with van der Waals surface area (Å²) in [4.78, 5) is 10.6. The number of nitrogens with one attached hydrogen (secondary N) is 3. The van der Waals surface area contributed by atoms with Crippen molar-refractivity contribution in [3.8, 4) is 21.6 Å². The zero-order valence-electron chi connectivity index (χ0n) is 17.8. The zero-order valence-corrected chi connectivity index (χ0v) is 19.4. The van der Waals surface area contributed by atoms with Crippen LogP contribution in [-0.2, 0) is 10.0 Å². The van der Waals surface area contributed by atoms with Gasteiger partial charge in [0.25, 0.3) is 0 Å². The molecule has 0 radical (unpaired) electrons. The molecule has 0 atom stereocenters. The van der Waals surface area contributed by atoms with E-state index in [1.54, 1.807) is 41.8 Å². The smallest absolute Gasteiger partial charge is 0.240 e. The van der Waals surface area contributed by atoms with E-state index < -0.39 is 10.0 Å². The summed E-state index contributed by atoms with van der Waals surface area (Å²) in [6.45, 7) is 1.05. The SMILES string of the molecule is O=S1(=O)NCCCCNc2nc(ncc2-c2ccc(-c3cccs3)cc2)Nc2cccc1c2. The summed E-state index contributed by atoms with van der Waals surface area (Å²) in [5, 5.41) is 8.61. The highest BCUT2D eigenvalue weighted by Gasteiger charge is 2.16. The summed E-state index contributed by atoms with van der Waals surface area (Å²) in [6, 6.07) is 19.2. The number of fused-ring (bicyclic) bond motifs is 4. The van der Waals surface area contributed by atoms with E-state index in [0.717, 1.165) is 23.4 Å². The summed E-state index contributed by atoms with van der Waals surface area (Å²) in [5.41, 5.74) is 3.73. The van der Waals surface area contributed by atoms with Crippen LogP contribution in [0.2, 0.25) is 0 Å². The maximum atomic E-state index is 12.5. The molecule has 0 saturated heterocycles. The predicted molar refractivity (Wildman–Crippen MR) is 133 cm³/mol. The Labute approximate surface area is 197 Å². The first-order chi connectivity index (χ1) is 16.1. The lowest BCUT2D eigenvalue weighted by Gasteiger charge is -2.15. The van der Waals surface area contributed by atoms with E-state index in [9.17, 15) is 8.42 Å². The van der Waals surface area contributed by atoms with Crippen LogP contribution < -0.4 is 15.4 Å². The van der Waals surface area contributed by atoms with E-state index in [1.165, 1.54) is 10.4 Å². The maximum absolute atomic E-state index is 12.5.